The number of carboxylic acid groups (broad SMARTS) is 1. The van der Waals surface area contributed by atoms with Gasteiger partial charge in [-0.05, 0) is 24.6 Å². The standard InChI is InChI=1S/C19H20N2O4/c1-13(19(24)25)20-18(23)16(12-14-8-4-2-5-9-14)21-17(22)15-10-6-3-7-11-15/h2-11,13,16H,12H2,1H3,(H,20,23)(H,21,22)(H,24,25)/p-1/t13-,16+/m0/s1. The van der Waals surface area contributed by atoms with E-state index in [-0.39, 0.29) is 6.42 Å². The maximum atomic E-state index is 12.4. The Bertz CT molecular complexity index is 732. The summed E-state index contributed by atoms with van der Waals surface area (Å²) in [6.07, 6.45) is 0.241. The second-order valence-electron chi connectivity index (χ2n) is 5.63. The molecule has 0 bridgehead atoms. The molecule has 0 fully saturated rings. The van der Waals surface area contributed by atoms with Gasteiger partial charge in [0.15, 0.2) is 0 Å². The van der Waals surface area contributed by atoms with Crippen molar-refractivity contribution in [3.05, 3.63) is 71.8 Å². The first-order valence-electron chi connectivity index (χ1n) is 7.88. The first-order valence-corrected chi connectivity index (χ1v) is 7.88. The smallest absolute Gasteiger partial charge is 0.251 e. The van der Waals surface area contributed by atoms with Crippen molar-refractivity contribution in [2.24, 2.45) is 0 Å². The van der Waals surface area contributed by atoms with Crippen LogP contribution in [0.3, 0.4) is 0 Å². The van der Waals surface area contributed by atoms with Crippen LogP contribution >= 0.6 is 0 Å². The van der Waals surface area contributed by atoms with Crippen LogP contribution in [-0.2, 0) is 16.0 Å². The van der Waals surface area contributed by atoms with Crippen LogP contribution in [0.1, 0.15) is 22.8 Å². The van der Waals surface area contributed by atoms with Gasteiger partial charge in [0.2, 0.25) is 5.91 Å². The molecule has 0 aliphatic heterocycles. The summed E-state index contributed by atoms with van der Waals surface area (Å²) < 4.78 is 0. The lowest BCUT2D eigenvalue weighted by atomic mass is 10.0. The predicted molar refractivity (Wildman–Crippen MR) is 90.5 cm³/mol. The zero-order valence-electron chi connectivity index (χ0n) is 13.8. The molecule has 2 aromatic carbocycles. The van der Waals surface area contributed by atoms with Crippen molar-refractivity contribution in [2.75, 3.05) is 0 Å². The van der Waals surface area contributed by atoms with E-state index in [1.54, 1.807) is 30.3 Å². The number of carboxylic acids is 1. The van der Waals surface area contributed by atoms with Crippen molar-refractivity contribution < 1.29 is 19.5 Å². The van der Waals surface area contributed by atoms with Crippen LogP contribution in [0.2, 0.25) is 0 Å². The van der Waals surface area contributed by atoms with E-state index >= 15 is 0 Å². The van der Waals surface area contributed by atoms with Gasteiger partial charge >= 0.3 is 0 Å². The fourth-order valence-electron chi connectivity index (χ4n) is 2.26. The second kappa shape index (κ2) is 8.63. The van der Waals surface area contributed by atoms with E-state index in [9.17, 15) is 19.5 Å². The predicted octanol–water partition coefficient (Wildman–Crippen LogP) is 0.282. The number of amides is 2. The van der Waals surface area contributed by atoms with Crippen molar-refractivity contribution in [1.29, 1.82) is 0 Å². The van der Waals surface area contributed by atoms with Gasteiger partial charge in [-0.3, -0.25) is 9.59 Å². The third-order valence-electron chi connectivity index (χ3n) is 3.65. The third kappa shape index (κ3) is 5.46. The highest BCUT2D eigenvalue weighted by Gasteiger charge is 2.23. The molecule has 6 heteroatoms. The lowest BCUT2D eigenvalue weighted by Crippen LogP contribution is -2.54. The number of hydrogen-bond acceptors (Lipinski definition) is 4. The Kier molecular flexibility index (Phi) is 6.28. The molecule has 0 spiro atoms. The Balaban J connectivity index is 2.15. The normalized spacial score (nSPS) is 12.7. The molecule has 0 aliphatic carbocycles. The Morgan fingerprint density at radius 1 is 0.920 bits per heavy atom. The number of hydrogen-bond donors (Lipinski definition) is 2. The van der Waals surface area contributed by atoms with Crippen molar-refractivity contribution in [3.63, 3.8) is 0 Å². The van der Waals surface area contributed by atoms with Crippen LogP contribution in [0.15, 0.2) is 60.7 Å². The molecule has 2 amide bonds. The van der Waals surface area contributed by atoms with Crippen LogP contribution in [0.25, 0.3) is 0 Å². The number of aliphatic carboxylic acids is 1. The Hall–Kier alpha value is -3.15. The molecule has 25 heavy (non-hydrogen) atoms. The molecule has 2 N–H and O–H groups in total. The molecule has 2 rings (SSSR count). The molecular weight excluding hydrogens is 320 g/mol. The number of carbonyl (C=O) groups excluding carboxylic acids is 3. The van der Waals surface area contributed by atoms with E-state index in [1.807, 2.05) is 30.3 Å². The molecular formula is C19H19N2O4-. The molecule has 0 saturated carbocycles. The lowest BCUT2D eigenvalue weighted by molar-refractivity contribution is -0.307. The van der Waals surface area contributed by atoms with E-state index in [0.717, 1.165) is 5.56 Å². The van der Waals surface area contributed by atoms with Gasteiger partial charge in [-0.1, -0.05) is 48.5 Å². The van der Waals surface area contributed by atoms with Gasteiger partial charge in [-0.15, -0.1) is 0 Å². The summed E-state index contributed by atoms with van der Waals surface area (Å²) in [5, 5.41) is 15.8. The minimum Gasteiger partial charge on any atom is -0.548 e. The highest BCUT2D eigenvalue weighted by molar-refractivity contribution is 5.98. The highest BCUT2D eigenvalue weighted by atomic mass is 16.4. The minimum absolute atomic E-state index is 0.241. The van der Waals surface area contributed by atoms with Gasteiger partial charge in [0.05, 0.1) is 12.0 Å². The zero-order chi connectivity index (χ0) is 18.2. The molecule has 0 saturated heterocycles. The first kappa shape index (κ1) is 18.2. The number of nitrogens with one attached hydrogen (secondary N) is 2. The maximum absolute atomic E-state index is 12.4. The molecule has 130 valence electrons. The van der Waals surface area contributed by atoms with Crippen molar-refractivity contribution >= 4 is 17.8 Å². The highest BCUT2D eigenvalue weighted by Crippen LogP contribution is 2.06. The molecule has 0 aromatic heterocycles. The van der Waals surface area contributed by atoms with Gasteiger partial charge in [0.1, 0.15) is 6.04 Å². The summed E-state index contributed by atoms with van der Waals surface area (Å²) in [5.74, 6) is -2.37. The maximum Gasteiger partial charge on any atom is 0.251 e. The monoisotopic (exact) mass is 339 g/mol. The molecule has 2 aromatic rings. The van der Waals surface area contributed by atoms with E-state index in [0.29, 0.717) is 5.56 Å². The molecule has 2 atom stereocenters. The Labute approximate surface area is 145 Å². The fraction of sp³-hybridized carbons (Fsp3) is 0.211. The van der Waals surface area contributed by atoms with Crippen LogP contribution in [0.4, 0.5) is 0 Å². The SMILES string of the molecule is C[C@H](NC(=O)[C@@H](Cc1ccccc1)NC(=O)c1ccccc1)C(=O)[O-]. The number of rotatable bonds is 7. The lowest BCUT2D eigenvalue weighted by Gasteiger charge is -2.22. The van der Waals surface area contributed by atoms with Gasteiger partial charge in [0.25, 0.3) is 5.91 Å². The van der Waals surface area contributed by atoms with Crippen LogP contribution in [0, 0.1) is 0 Å². The van der Waals surface area contributed by atoms with Crippen molar-refractivity contribution in [2.45, 2.75) is 25.4 Å². The Morgan fingerprint density at radius 3 is 2.04 bits per heavy atom. The summed E-state index contributed by atoms with van der Waals surface area (Å²) in [7, 11) is 0. The molecule has 0 radical (unpaired) electrons. The van der Waals surface area contributed by atoms with Crippen LogP contribution in [-0.4, -0.2) is 29.9 Å². The molecule has 6 nitrogen and oxygen atoms in total. The van der Waals surface area contributed by atoms with E-state index in [2.05, 4.69) is 10.6 Å². The van der Waals surface area contributed by atoms with Crippen LogP contribution in [0.5, 0.6) is 0 Å². The van der Waals surface area contributed by atoms with Gasteiger partial charge in [0, 0.05) is 12.0 Å². The third-order valence-corrected chi connectivity index (χ3v) is 3.65. The topological polar surface area (TPSA) is 98.3 Å². The minimum atomic E-state index is -1.39. The van der Waals surface area contributed by atoms with Gasteiger partial charge in [-0.25, -0.2) is 0 Å². The fourth-order valence-corrected chi connectivity index (χ4v) is 2.26. The van der Waals surface area contributed by atoms with Gasteiger partial charge < -0.3 is 20.5 Å². The van der Waals surface area contributed by atoms with E-state index in [4.69, 9.17) is 0 Å². The molecule has 0 heterocycles. The summed E-state index contributed by atoms with van der Waals surface area (Å²) in [6.45, 7) is 1.31. The average molecular weight is 339 g/mol. The molecule has 0 aliphatic rings. The first-order chi connectivity index (χ1) is 12.0. The van der Waals surface area contributed by atoms with Gasteiger partial charge in [-0.2, -0.15) is 0 Å². The van der Waals surface area contributed by atoms with E-state index in [1.165, 1.54) is 6.92 Å². The van der Waals surface area contributed by atoms with Crippen LogP contribution < -0.4 is 15.7 Å². The average Bonchev–Trinajstić information content (AvgIpc) is 2.62. The Morgan fingerprint density at radius 2 is 1.48 bits per heavy atom. The summed E-state index contributed by atoms with van der Waals surface area (Å²) in [5.41, 5.74) is 1.26. The largest absolute Gasteiger partial charge is 0.548 e. The number of carbonyl (C=O) groups is 3. The second-order valence-corrected chi connectivity index (χ2v) is 5.63. The zero-order valence-corrected chi connectivity index (χ0v) is 13.8. The van der Waals surface area contributed by atoms with Crippen molar-refractivity contribution in [1.82, 2.24) is 10.6 Å². The van der Waals surface area contributed by atoms with Crippen molar-refractivity contribution in [3.8, 4) is 0 Å². The summed E-state index contributed by atoms with van der Waals surface area (Å²) in [4.78, 5) is 35.6. The molecule has 0 unspecified atom stereocenters. The summed E-state index contributed by atoms with van der Waals surface area (Å²) in [6, 6.07) is 15.6. The number of benzene rings is 2. The van der Waals surface area contributed by atoms with E-state index < -0.39 is 29.9 Å². The summed E-state index contributed by atoms with van der Waals surface area (Å²) >= 11 is 0. The quantitative estimate of drug-likeness (QED) is 0.757.